The Morgan fingerprint density at radius 3 is 2.29 bits per heavy atom. The highest BCUT2D eigenvalue weighted by Crippen LogP contribution is 2.28. The van der Waals surface area contributed by atoms with Gasteiger partial charge in [0, 0.05) is 6.07 Å². The highest BCUT2D eigenvalue weighted by atomic mass is 16.6. The van der Waals surface area contributed by atoms with Crippen LogP contribution in [-0.4, -0.2) is 24.8 Å². The molecule has 104 valence electrons. The van der Waals surface area contributed by atoms with Gasteiger partial charge in [-0.15, -0.1) is 10.2 Å². The van der Waals surface area contributed by atoms with E-state index in [0.29, 0.717) is 5.69 Å². The van der Waals surface area contributed by atoms with Crippen molar-refractivity contribution in [3.8, 4) is 5.69 Å². The lowest BCUT2D eigenvalue weighted by Crippen LogP contribution is -1.97. The molecule has 21 heavy (non-hydrogen) atoms. The van der Waals surface area contributed by atoms with E-state index in [0.717, 1.165) is 12.1 Å². The number of rotatable bonds is 3. The zero-order valence-electron chi connectivity index (χ0n) is 10.4. The number of hydrogen-bond acceptors (Lipinski definition) is 6. The molecule has 0 radical (unpaired) electrons. The molecule has 3 rings (SSSR count). The highest BCUT2D eigenvalue weighted by Gasteiger charge is 2.23. The van der Waals surface area contributed by atoms with Gasteiger partial charge in [0.2, 0.25) is 0 Å². The van der Waals surface area contributed by atoms with Crippen LogP contribution in [0.4, 0.5) is 11.4 Å². The van der Waals surface area contributed by atoms with Crippen LogP contribution in [0.5, 0.6) is 0 Å². The van der Waals surface area contributed by atoms with Crippen molar-refractivity contribution in [2.75, 3.05) is 0 Å². The number of nitro groups is 2. The van der Waals surface area contributed by atoms with Crippen molar-refractivity contribution in [3.63, 3.8) is 0 Å². The summed E-state index contributed by atoms with van der Waals surface area (Å²) in [5.74, 6) is 0. The van der Waals surface area contributed by atoms with Crippen molar-refractivity contribution in [1.82, 2.24) is 15.0 Å². The van der Waals surface area contributed by atoms with Gasteiger partial charge in [-0.3, -0.25) is 20.2 Å². The first kappa shape index (κ1) is 12.7. The third-order valence-corrected chi connectivity index (χ3v) is 2.85. The molecule has 1 heterocycles. The summed E-state index contributed by atoms with van der Waals surface area (Å²) in [6.45, 7) is 0. The van der Waals surface area contributed by atoms with Gasteiger partial charge in [0.25, 0.3) is 5.69 Å². The molecule has 9 heteroatoms. The summed E-state index contributed by atoms with van der Waals surface area (Å²) in [5, 5.41) is 30.0. The fourth-order valence-corrected chi connectivity index (χ4v) is 1.91. The minimum absolute atomic E-state index is 0.00875. The molecule has 0 amide bonds. The van der Waals surface area contributed by atoms with E-state index < -0.39 is 21.2 Å². The third-order valence-electron chi connectivity index (χ3n) is 2.85. The second kappa shape index (κ2) is 4.63. The minimum Gasteiger partial charge on any atom is -0.258 e. The topological polar surface area (TPSA) is 117 Å². The summed E-state index contributed by atoms with van der Waals surface area (Å²) < 4.78 is 0. The Bertz CT molecular complexity index is 859. The van der Waals surface area contributed by atoms with Gasteiger partial charge in [-0.05, 0) is 12.1 Å². The van der Waals surface area contributed by atoms with Crippen LogP contribution < -0.4 is 0 Å². The Morgan fingerprint density at radius 1 is 0.952 bits per heavy atom. The van der Waals surface area contributed by atoms with Gasteiger partial charge in [-0.1, -0.05) is 18.2 Å². The number of hydrogen-bond donors (Lipinski definition) is 0. The maximum atomic E-state index is 11.0. The first-order chi connectivity index (χ1) is 10.1. The van der Waals surface area contributed by atoms with Gasteiger partial charge in [0.05, 0.1) is 21.6 Å². The molecule has 0 atom stereocenters. The molecule has 0 bridgehead atoms. The molecule has 0 fully saturated rings. The summed E-state index contributed by atoms with van der Waals surface area (Å²) in [6.07, 6.45) is 0. The molecular formula is C12H7N5O4. The minimum atomic E-state index is -0.709. The Labute approximate surface area is 116 Å². The van der Waals surface area contributed by atoms with E-state index in [4.69, 9.17) is 0 Å². The molecule has 1 aromatic heterocycles. The Morgan fingerprint density at radius 2 is 1.67 bits per heavy atom. The molecule has 0 aliphatic rings. The van der Waals surface area contributed by atoms with Crippen LogP contribution in [0.2, 0.25) is 0 Å². The van der Waals surface area contributed by atoms with E-state index in [1.54, 1.807) is 30.3 Å². The summed E-state index contributed by atoms with van der Waals surface area (Å²) in [5.41, 5.74) is -0.129. The van der Waals surface area contributed by atoms with Crippen LogP contribution >= 0.6 is 0 Å². The van der Waals surface area contributed by atoms with Crippen LogP contribution in [0.15, 0.2) is 42.5 Å². The number of non-ortho nitro benzene ring substituents is 2. The molecule has 0 saturated heterocycles. The Kier molecular flexibility index (Phi) is 2.79. The second-order valence-electron chi connectivity index (χ2n) is 4.17. The third kappa shape index (κ3) is 2.16. The average Bonchev–Trinajstić information content (AvgIpc) is 2.90. The largest absolute Gasteiger partial charge is 0.305 e. The van der Waals surface area contributed by atoms with Crippen molar-refractivity contribution in [2.24, 2.45) is 0 Å². The Balaban J connectivity index is 2.27. The number of aromatic nitrogens is 3. The lowest BCUT2D eigenvalue weighted by molar-refractivity contribution is -0.393. The van der Waals surface area contributed by atoms with Gasteiger partial charge >= 0.3 is 5.69 Å². The lowest BCUT2D eigenvalue weighted by Gasteiger charge is -1.96. The fraction of sp³-hybridized carbons (Fsp3) is 0. The maximum absolute atomic E-state index is 11.0. The van der Waals surface area contributed by atoms with Gasteiger partial charge < -0.3 is 0 Å². The van der Waals surface area contributed by atoms with Crippen LogP contribution in [0.3, 0.4) is 0 Å². The second-order valence-corrected chi connectivity index (χ2v) is 4.17. The standard InChI is InChI=1S/C12H7N5O4/c18-16(19)9-6-10-12(11(7-9)17(20)21)14-15(13-10)8-4-2-1-3-5-8/h1-7H. The monoisotopic (exact) mass is 285 g/mol. The van der Waals surface area contributed by atoms with E-state index in [2.05, 4.69) is 10.2 Å². The van der Waals surface area contributed by atoms with E-state index in [1.807, 2.05) is 0 Å². The van der Waals surface area contributed by atoms with Crippen molar-refractivity contribution >= 4 is 22.4 Å². The van der Waals surface area contributed by atoms with Crippen molar-refractivity contribution < 1.29 is 9.85 Å². The van der Waals surface area contributed by atoms with E-state index in [-0.39, 0.29) is 11.0 Å². The maximum Gasteiger partial charge on any atom is 0.305 e. The van der Waals surface area contributed by atoms with Crippen LogP contribution in [-0.2, 0) is 0 Å². The summed E-state index contributed by atoms with van der Waals surface area (Å²) >= 11 is 0. The first-order valence-corrected chi connectivity index (χ1v) is 5.81. The number of benzene rings is 2. The molecule has 0 aliphatic carbocycles. The molecule has 9 nitrogen and oxygen atoms in total. The number of nitrogens with zero attached hydrogens (tertiary/aromatic N) is 5. The molecule has 0 saturated carbocycles. The lowest BCUT2D eigenvalue weighted by atomic mass is 10.2. The number of fused-ring (bicyclic) bond motifs is 1. The molecule has 0 spiro atoms. The molecule has 0 unspecified atom stereocenters. The zero-order chi connectivity index (χ0) is 15.0. The smallest absolute Gasteiger partial charge is 0.258 e. The first-order valence-electron chi connectivity index (χ1n) is 5.81. The molecule has 0 aliphatic heterocycles. The van der Waals surface area contributed by atoms with Gasteiger partial charge in [-0.2, -0.15) is 4.80 Å². The summed E-state index contributed by atoms with van der Waals surface area (Å²) in [7, 11) is 0. The summed E-state index contributed by atoms with van der Waals surface area (Å²) in [6, 6.07) is 10.8. The van der Waals surface area contributed by atoms with E-state index >= 15 is 0 Å². The normalized spacial score (nSPS) is 10.7. The predicted molar refractivity (Wildman–Crippen MR) is 72.2 cm³/mol. The van der Waals surface area contributed by atoms with E-state index in [1.165, 1.54) is 4.80 Å². The summed E-state index contributed by atoms with van der Waals surface area (Å²) in [4.78, 5) is 21.7. The number of para-hydroxylation sites is 1. The fourth-order valence-electron chi connectivity index (χ4n) is 1.91. The quantitative estimate of drug-likeness (QED) is 0.538. The molecule has 0 N–H and O–H groups in total. The van der Waals surface area contributed by atoms with Crippen LogP contribution in [0, 0.1) is 20.2 Å². The van der Waals surface area contributed by atoms with Crippen molar-refractivity contribution in [1.29, 1.82) is 0 Å². The SMILES string of the molecule is O=[N+]([O-])c1cc([N+](=O)[O-])c2nn(-c3ccccc3)nc2c1. The molecular weight excluding hydrogens is 278 g/mol. The van der Waals surface area contributed by atoms with Crippen LogP contribution in [0.25, 0.3) is 16.7 Å². The van der Waals surface area contributed by atoms with Gasteiger partial charge in [0.15, 0.2) is 5.52 Å². The zero-order valence-corrected chi connectivity index (χ0v) is 10.4. The van der Waals surface area contributed by atoms with Crippen molar-refractivity contribution in [3.05, 3.63) is 62.7 Å². The van der Waals surface area contributed by atoms with Crippen molar-refractivity contribution in [2.45, 2.75) is 0 Å². The van der Waals surface area contributed by atoms with Gasteiger partial charge in [-0.25, -0.2) is 0 Å². The molecule has 2 aromatic carbocycles. The average molecular weight is 285 g/mol. The van der Waals surface area contributed by atoms with E-state index in [9.17, 15) is 20.2 Å². The molecule has 3 aromatic rings. The van der Waals surface area contributed by atoms with Gasteiger partial charge in [0.1, 0.15) is 5.52 Å². The Hall–Kier alpha value is -3.36. The highest BCUT2D eigenvalue weighted by molar-refractivity contribution is 5.86. The van der Waals surface area contributed by atoms with Crippen LogP contribution in [0.1, 0.15) is 0 Å². The predicted octanol–water partition coefficient (Wildman–Crippen LogP) is 2.24. The number of nitro benzene ring substituents is 2.